The fraction of sp³-hybridized carbons (Fsp3) is 0.0556. The maximum Gasteiger partial charge on any atom is 0.294 e. The van der Waals surface area contributed by atoms with Crippen LogP contribution in [0.2, 0.25) is 15.1 Å². The van der Waals surface area contributed by atoms with E-state index >= 15 is 0 Å². The molecule has 0 saturated carbocycles. The van der Waals surface area contributed by atoms with Crippen LogP contribution in [0.15, 0.2) is 35.2 Å². The Morgan fingerprint density at radius 3 is 2.52 bits per heavy atom. The molecule has 1 aliphatic heterocycles. The molecule has 0 aliphatic carbocycles. The number of thioether (sulfide) groups is 1. The minimum atomic E-state index is -0.782. The Hall–Kier alpha value is -2.66. The maximum absolute atomic E-state index is 13.2. The largest absolute Gasteiger partial charge is 0.324 e. The van der Waals surface area contributed by atoms with Gasteiger partial charge in [-0.1, -0.05) is 34.8 Å². The van der Waals surface area contributed by atoms with Crippen LogP contribution in [0.25, 0.3) is 6.08 Å². The number of nitrogens with zero attached hydrogens (tertiary/aromatic N) is 2. The highest BCUT2D eigenvalue weighted by Gasteiger charge is 2.36. The summed E-state index contributed by atoms with van der Waals surface area (Å²) in [6.07, 6.45) is 1.20. The third kappa shape index (κ3) is 5.16. The highest BCUT2D eigenvalue weighted by Crippen LogP contribution is 2.36. The zero-order valence-corrected chi connectivity index (χ0v) is 18.1. The van der Waals surface area contributed by atoms with E-state index in [1.807, 2.05) is 0 Å². The number of nitro benzene ring substituents is 1. The van der Waals surface area contributed by atoms with Gasteiger partial charge in [0.05, 0.1) is 14.9 Å². The number of benzene rings is 2. The average molecular weight is 505 g/mol. The third-order valence-electron chi connectivity index (χ3n) is 3.93. The molecule has 1 saturated heterocycles. The molecule has 3 rings (SSSR count). The summed E-state index contributed by atoms with van der Waals surface area (Å²) in [6.45, 7) is -0.606. The molecule has 31 heavy (non-hydrogen) atoms. The normalized spacial score (nSPS) is 15.0. The molecule has 3 amide bonds. The molecule has 160 valence electrons. The van der Waals surface area contributed by atoms with Crippen LogP contribution in [-0.4, -0.2) is 33.4 Å². The van der Waals surface area contributed by atoms with Crippen LogP contribution in [0.5, 0.6) is 0 Å². The van der Waals surface area contributed by atoms with E-state index in [9.17, 15) is 28.9 Å². The molecule has 0 bridgehead atoms. The molecule has 1 heterocycles. The van der Waals surface area contributed by atoms with E-state index in [1.54, 1.807) is 0 Å². The minimum absolute atomic E-state index is 0.0355. The Morgan fingerprint density at radius 1 is 1.16 bits per heavy atom. The Kier molecular flexibility index (Phi) is 6.85. The highest BCUT2D eigenvalue weighted by atomic mass is 35.5. The lowest BCUT2D eigenvalue weighted by Gasteiger charge is -2.12. The van der Waals surface area contributed by atoms with Gasteiger partial charge in [0, 0.05) is 22.3 Å². The Morgan fingerprint density at radius 2 is 1.87 bits per heavy atom. The van der Waals surface area contributed by atoms with Gasteiger partial charge in [-0.2, -0.15) is 0 Å². The summed E-state index contributed by atoms with van der Waals surface area (Å²) in [6, 6.07) is 5.72. The second kappa shape index (κ2) is 9.23. The molecular formula is C18H9Cl3FN3O5S. The molecule has 0 radical (unpaired) electrons. The standard InChI is InChI=1S/C18H9Cl3FN3O5S/c19-10-6-12(21)14(25(29)30)3-8(10)4-15-17(27)24(18(28)31-15)7-16(26)23-9-1-2-13(22)11(20)5-9/h1-6H,7H2,(H,23,26)/b15-4-. The number of halogens is 4. The Labute approximate surface area is 193 Å². The van der Waals surface area contributed by atoms with Crippen LogP contribution in [0.4, 0.5) is 20.6 Å². The van der Waals surface area contributed by atoms with Gasteiger partial charge in [-0.15, -0.1) is 0 Å². The van der Waals surface area contributed by atoms with E-state index in [4.69, 9.17) is 34.8 Å². The molecular weight excluding hydrogens is 496 g/mol. The van der Waals surface area contributed by atoms with Crippen LogP contribution >= 0.6 is 46.6 Å². The number of hydrogen-bond acceptors (Lipinski definition) is 6. The van der Waals surface area contributed by atoms with E-state index in [0.717, 1.165) is 18.2 Å². The van der Waals surface area contributed by atoms with Crippen LogP contribution in [-0.2, 0) is 9.59 Å². The summed E-state index contributed by atoms with van der Waals surface area (Å²) >= 11 is 18.0. The van der Waals surface area contributed by atoms with Crippen molar-refractivity contribution in [2.24, 2.45) is 0 Å². The first kappa shape index (κ1) is 23.0. The average Bonchev–Trinajstić information content (AvgIpc) is 2.94. The number of amides is 3. The fourth-order valence-electron chi connectivity index (χ4n) is 2.50. The third-order valence-corrected chi connectivity index (χ3v) is 5.76. The van der Waals surface area contributed by atoms with Gasteiger partial charge in [-0.3, -0.25) is 29.4 Å². The SMILES string of the molecule is O=C(CN1C(=O)S/C(=C\c2cc([N+](=O)[O-])c(Cl)cc2Cl)C1=O)Nc1ccc(F)c(Cl)c1. The number of hydrogen-bond donors (Lipinski definition) is 1. The van der Waals surface area contributed by atoms with Gasteiger partial charge < -0.3 is 5.32 Å². The molecule has 0 spiro atoms. The van der Waals surface area contributed by atoms with Crippen molar-refractivity contribution in [3.63, 3.8) is 0 Å². The predicted molar refractivity (Wildman–Crippen MR) is 116 cm³/mol. The second-order valence-electron chi connectivity index (χ2n) is 6.03. The molecule has 0 aromatic heterocycles. The van der Waals surface area contributed by atoms with Crippen molar-refractivity contribution in [2.75, 3.05) is 11.9 Å². The highest BCUT2D eigenvalue weighted by molar-refractivity contribution is 8.18. The number of imide groups is 1. The first-order chi connectivity index (χ1) is 14.6. The van der Waals surface area contributed by atoms with Gasteiger partial charge in [-0.25, -0.2) is 4.39 Å². The van der Waals surface area contributed by atoms with E-state index in [2.05, 4.69) is 5.32 Å². The zero-order valence-electron chi connectivity index (χ0n) is 15.0. The van der Waals surface area contributed by atoms with Gasteiger partial charge in [-0.05, 0) is 42.1 Å². The van der Waals surface area contributed by atoms with Crippen LogP contribution in [0.3, 0.4) is 0 Å². The molecule has 1 N–H and O–H groups in total. The molecule has 13 heteroatoms. The number of carbonyl (C=O) groups excluding carboxylic acids is 3. The van der Waals surface area contributed by atoms with E-state index in [1.165, 1.54) is 18.2 Å². The molecule has 2 aromatic carbocycles. The van der Waals surface area contributed by atoms with Crippen LogP contribution in [0, 0.1) is 15.9 Å². The summed E-state index contributed by atoms with van der Waals surface area (Å²) in [4.78, 5) is 47.9. The number of nitro groups is 1. The summed E-state index contributed by atoms with van der Waals surface area (Å²) in [5.74, 6) is -2.17. The lowest BCUT2D eigenvalue weighted by Crippen LogP contribution is -2.36. The summed E-state index contributed by atoms with van der Waals surface area (Å²) in [7, 11) is 0. The van der Waals surface area contributed by atoms with Gasteiger partial charge in [0.1, 0.15) is 17.4 Å². The van der Waals surface area contributed by atoms with Gasteiger partial charge in [0.15, 0.2) is 0 Å². The van der Waals surface area contributed by atoms with Crippen molar-refractivity contribution in [1.29, 1.82) is 0 Å². The smallest absolute Gasteiger partial charge is 0.294 e. The number of rotatable bonds is 5. The van der Waals surface area contributed by atoms with Crippen molar-refractivity contribution in [1.82, 2.24) is 4.90 Å². The van der Waals surface area contributed by atoms with Gasteiger partial charge >= 0.3 is 0 Å². The van der Waals surface area contributed by atoms with Crippen molar-refractivity contribution in [3.8, 4) is 0 Å². The van der Waals surface area contributed by atoms with Crippen molar-refractivity contribution < 1.29 is 23.7 Å². The Bertz CT molecular complexity index is 1170. The summed E-state index contributed by atoms with van der Waals surface area (Å²) in [5.41, 5.74) is -0.137. The van der Waals surface area contributed by atoms with Crippen molar-refractivity contribution in [2.45, 2.75) is 0 Å². The lowest BCUT2D eigenvalue weighted by molar-refractivity contribution is -0.384. The Balaban J connectivity index is 1.78. The first-order valence-corrected chi connectivity index (χ1v) is 10.2. The first-order valence-electron chi connectivity index (χ1n) is 8.20. The van der Waals surface area contributed by atoms with E-state index < -0.39 is 40.0 Å². The lowest BCUT2D eigenvalue weighted by atomic mass is 10.2. The monoisotopic (exact) mass is 503 g/mol. The molecule has 1 fully saturated rings. The topological polar surface area (TPSA) is 110 Å². The molecule has 2 aromatic rings. The second-order valence-corrected chi connectivity index (χ2v) is 8.24. The van der Waals surface area contributed by atoms with E-state index in [-0.39, 0.29) is 31.2 Å². The molecule has 0 atom stereocenters. The van der Waals surface area contributed by atoms with Crippen molar-refractivity contribution in [3.05, 3.63) is 71.8 Å². The van der Waals surface area contributed by atoms with Crippen molar-refractivity contribution >= 4 is 81.1 Å². The summed E-state index contributed by atoms with van der Waals surface area (Å²) < 4.78 is 13.2. The van der Waals surface area contributed by atoms with Crippen LogP contribution < -0.4 is 5.32 Å². The summed E-state index contributed by atoms with van der Waals surface area (Å²) in [5, 5.41) is 12.4. The maximum atomic E-state index is 13.2. The van der Waals surface area contributed by atoms with E-state index in [0.29, 0.717) is 16.7 Å². The molecule has 0 unspecified atom stereocenters. The molecule has 1 aliphatic rings. The van der Waals surface area contributed by atoms with Gasteiger partial charge in [0.2, 0.25) is 5.91 Å². The van der Waals surface area contributed by atoms with Gasteiger partial charge in [0.25, 0.3) is 16.8 Å². The number of anilines is 1. The number of nitrogens with one attached hydrogen (secondary N) is 1. The number of carbonyl (C=O) groups is 3. The van der Waals surface area contributed by atoms with Crippen LogP contribution in [0.1, 0.15) is 5.56 Å². The minimum Gasteiger partial charge on any atom is -0.324 e. The quantitative estimate of drug-likeness (QED) is 0.333. The zero-order chi connectivity index (χ0) is 22.9. The fourth-order valence-corrected chi connectivity index (χ4v) is 4.02. The molecule has 8 nitrogen and oxygen atoms in total. The predicted octanol–water partition coefficient (Wildman–Crippen LogP) is 5.37.